The van der Waals surface area contributed by atoms with Gasteiger partial charge in [0.05, 0.1) is 0 Å². The van der Waals surface area contributed by atoms with E-state index < -0.39 is 0 Å². The predicted molar refractivity (Wildman–Crippen MR) is 71.8 cm³/mol. The summed E-state index contributed by atoms with van der Waals surface area (Å²) < 4.78 is 5.31. The number of hydrogen-bond acceptors (Lipinski definition) is 4. The maximum Gasteiger partial charge on any atom is 0.258 e. The van der Waals surface area contributed by atoms with Gasteiger partial charge in [-0.05, 0) is 43.4 Å². The van der Waals surface area contributed by atoms with E-state index in [1.165, 1.54) is 12.8 Å². The lowest BCUT2D eigenvalue weighted by Crippen LogP contribution is -1.97. The second kappa shape index (κ2) is 5.03. The van der Waals surface area contributed by atoms with Gasteiger partial charge in [0, 0.05) is 11.5 Å². The maximum atomic E-state index is 9.47. The molecule has 0 bridgehead atoms. The van der Waals surface area contributed by atoms with E-state index in [4.69, 9.17) is 4.52 Å². The summed E-state index contributed by atoms with van der Waals surface area (Å²) in [7, 11) is 0. The molecular weight excluding hydrogens is 240 g/mol. The van der Waals surface area contributed by atoms with Crippen molar-refractivity contribution in [2.24, 2.45) is 5.92 Å². The molecule has 4 nitrogen and oxygen atoms in total. The zero-order chi connectivity index (χ0) is 13.2. The number of aromatic hydroxyl groups is 1. The van der Waals surface area contributed by atoms with Crippen LogP contribution in [-0.4, -0.2) is 15.2 Å². The van der Waals surface area contributed by atoms with Gasteiger partial charge < -0.3 is 9.63 Å². The van der Waals surface area contributed by atoms with E-state index in [0.29, 0.717) is 11.8 Å². The number of phenols is 1. The third kappa shape index (κ3) is 2.48. The molecule has 1 fully saturated rings. The van der Waals surface area contributed by atoms with E-state index in [1.807, 2.05) is 6.07 Å². The van der Waals surface area contributed by atoms with E-state index in [9.17, 15) is 5.11 Å². The highest BCUT2D eigenvalue weighted by atomic mass is 16.5. The van der Waals surface area contributed by atoms with Crippen LogP contribution in [0.5, 0.6) is 5.75 Å². The first-order chi connectivity index (χ1) is 9.26. The monoisotopic (exact) mass is 258 g/mol. The summed E-state index contributed by atoms with van der Waals surface area (Å²) in [5, 5.41) is 13.6. The third-order valence-corrected chi connectivity index (χ3v) is 4.02. The molecule has 1 saturated carbocycles. The number of rotatable bonds is 3. The molecule has 1 aliphatic rings. The third-order valence-electron chi connectivity index (χ3n) is 4.02. The Morgan fingerprint density at radius 1 is 1.37 bits per heavy atom. The van der Waals surface area contributed by atoms with Gasteiger partial charge in [-0.2, -0.15) is 4.98 Å². The molecular formula is C15H18N2O2. The standard InChI is InChI=1S/C15H18N2O2/c1-2-10-6-7-11(8-10)14-16-15(19-17-14)12-4-3-5-13(18)9-12/h3-5,9-11,18H,2,6-8H2,1H3. The quantitative estimate of drug-likeness (QED) is 0.911. The average molecular weight is 258 g/mol. The molecule has 0 radical (unpaired) electrons. The van der Waals surface area contributed by atoms with Gasteiger partial charge in [0.1, 0.15) is 5.75 Å². The molecule has 1 aromatic heterocycles. The SMILES string of the molecule is CCC1CCC(c2noc(-c3cccc(O)c3)n2)C1. The molecule has 0 amide bonds. The second-order valence-electron chi connectivity index (χ2n) is 5.29. The topological polar surface area (TPSA) is 59.2 Å². The van der Waals surface area contributed by atoms with Crippen molar-refractivity contribution >= 4 is 0 Å². The molecule has 0 saturated heterocycles. The van der Waals surface area contributed by atoms with Crippen LogP contribution in [0.4, 0.5) is 0 Å². The van der Waals surface area contributed by atoms with Gasteiger partial charge in [-0.1, -0.05) is 24.6 Å². The molecule has 0 spiro atoms. The van der Waals surface area contributed by atoms with Crippen molar-refractivity contribution in [1.82, 2.24) is 10.1 Å². The molecule has 1 aliphatic carbocycles. The first kappa shape index (κ1) is 12.2. The molecule has 2 atom stereocenters. The van der Waals surface area contributed by atoms with Crippen molar-refractivity contribution < 1.29 is 9.63 Å². The zero-order valence-corrected chi connectivity index (χ0v) is 11.0. The van der Waals surface area contributed by atoms with Gasteiger partial charge in [-0.3, -0.25) is 0 Å². The van der Waals surface area contributed by atoms with E-state index in [2.05, 4.69) is 17.1 Å². The fraction of sp³-hybridized carbons (Fsp3) is 0.467. The number of aromatic nitrogens is 2. The van der Waals surface area contributed by atoms with Crippen molar-refractivity contribution in [3.63, 3.8) is 0 Å². The predicted octanol–water partition coefficient (Wildman–Crippen LogP) is 3.74. The summed E-state index contributed by atoms with van der Waals surface area (Å²) in [6.07, 6.45) is 4.80. The van der Waals surface area contributed by atoms with Crippen molar-refractivity contribution in [2.45, 2.75) is 38.5 Å². The molecule has 1 N–H and O–H groups in total. The summed E-state index contributed by atoms with van der Waals surface area (Å²) in [5.74, 6) is 2.75. The summed E-state index contributed by atoms with van der Waals surface area (Å²) in [6, 6.07) is 6.90. The van der Waals surface area contributed by atoms with E-state index in [0.717, 1.165) is 30.1 Å². The normalized spacial score (nSPS) is 22.8. The van der Waals surface area contributed by atoms with Crippen LogP contribution in [0, 0.1) is 5.92 Å². The first-order valence-electron chi connectivity index (χ1n) is 6.89. The van der Waals surface area contributed by atoms with Gasteiger partial charge in [0.15, 0.2) is 5.82 Å². The Kier molecular flexibility index (Phi) is 3.23. The van der Waals surface area contributed by atoms with Crippen molar-refractivity contribution in [1.29, 1.82) is 0 Å². The Hall–Kier alpha value is -1.84. The van der Waals surface area contributed by atoms with Crippen LogP contribution < -0.4 is 0 Å². The lowest BCUT2D eigenvalue weighted by molar-refractivity contribution is 0.413. The first-order valence-corrected chi connectivity index (χ1v) is 6.89. The molecule has 100 valence electrons. The lowest BCUT2D eigenvalue weighted by atomic mass is 10.0. The van der Waals surface area contributed by atoms with Crippen molar-refractivity contribution in [3.8, 4) is 17.2 Å². The van der Waals surface area contributed by atoms with Gasteiger partial charge in [-0.15, -0.1) is 0 Å². The van der Waals surface area contributed by atoms with Crippen molar-refractivity contribution in [3.05, 3.63) is 30.1 Å². The van der Waals surface area contributed by atoms with E-state index in [-0.39, 0.29) is 5.75 Å². The second-order valence-corrected chi connectivity index (χ2v) is 5.29. The Morgan fingerprint density at radius 3 is 3.00 bits per heavy atom. The van der Waals surface area contributed by atoms with Crippen LogP contribution in [-0.2, 0) is 0 Å². The highest BCUT2D eigenvalue weighted by Crippen LogP contribution is 2.39. The largest absolute Gasteiger partial charge is 0.508 e. The minimum absolute atomic E-state index is 0.212. The molecule has 0 aliphatic heterocycles. The maximum absolute atomic E-state index is 9.47. The fourth-order valence-electron chi connectivity index (χ4n) is 2.84. The number of hydrogen-bond donors (Lipinski definition) is 1. The van der Waals surface area contributed by atoms with Gasteiger partial charge in [-0.25, -0.2) is 0 Å². The van der Waals surface area contributed by atoms with Crippen LogP contribution in [0.15, 0.2) is 28.8 Å². The number of nitrogens with zero attached hydrogens (tertiary/aromatic N) is 2. The Labute approximate surface area is 112 Å². The molecule has 19 heavy (non-hydrogen) atoms. The highest BCUT2D eigenvalue weighted by molar-refractivity contribution is 5.55. The van der Waals surface area contributed by atoms with Crippen LogP contribution in [0.3, 0.4) is 0 Å². The molecule has 2 unspecified atom stereocenters. The molecule has 1 aromatic carbocycles. The molecule has 4 heteroatoms. The van der Waals surface area contributed by atoms with Crippen LogP contribution in [0.2, 0.25) is 0 Å². The molecule has 2 aromatic rings. The van der Waals surface area contributed by atoms with Crippen molar-refractivity contribution in [2.75, 3.05) is 0 Å². The van der Waals surface area contributed by atoms with E-state index in [1.54, 1.807) is 18.2 Å². The molecule has 3 rings (SSSR count). The Bertz CT molecular complexity index is 565. The Morgan fingerprint density at radius 2 is 2.26 bits per heavy atom. The zero-order valence-electron chi connectivity index (χ0n) is 11.0. The smallest absolute Gasteiger partial charge is 0.258 e. The lowest BCUT2D eigenvalue weighted by Gasteiger charge is -2.04. The number of benzene rings is 1. The minimum Gasteiger partial charge on any atom is -0.508 e. The Balaban J connectivity index is 1.80. The highest BCUT2D eigenvalue weighted by Gasteiger charge is 2.28. The summed E-state index contributed by atoms with van der Waals surface area (Å²) in [6.45, 7) is 2.24. The van der Waals surface area contributed by atoms with Crippen LogP contribution >= 0.6 is 0 Å². The summed E-state index contributed by atoms with van der Waals surface area (Å²) >= 11 is 0. The number of phenolic OH excluding ortho intramolecular Hbond substituents is 1. The summed E-state index contributed by atoms with van der Waals surface area (Å²) in [5.41, 5.74) is 0.767. The average Bonchev–Trinajstić information content (AvgIpc) is 3.07. The van der Waals surface area contributed by atoms with Gasteiger partial charge >= 0.3 is 0 Å². The van der Waals surface area contributed by atoms with Crippen LogP contribution in [0.25, 0.3) is 11.5 Å². The van der Waals surface area contributed by atoms with E-state index >= 15 is 0 Å². The summed E-state index contributed by atoms with van der Waals surface area (Å²) in [4.78, 5) is 4.48. The van der Waals surface area contributed by atoms with Gasteiger partial charge in [0.25, 0.3) is 5.89 Å². The van der Waals surface area contributed by atoms with Crippen LogP contribution in [0.1, 0.15) is 44.3 Å². The molecule has 1 heterocycles. The fourth-order valence-corrected chi connectivity index (χ4v) is 2.84. The van der Waals surface area contributed by atoms with Gasteiger partial charge in [0.2, 0.25) is 0 Å². The minimum atomic E-state index is 0.212.